The van der Waals surface area contributed by atoms with Crippen LogP contribution in [0, 0.1) is 0 Å². The molecule has 31 heavy (non-hydrogen) atoms. The molecule has 0 fully saturated rings. The maximum atomic E-state index is 11.7. The molecule has 0 aliphatic carbocycles. The molecule has 0 aliphatic heterocycles. The largest absolute Gasteiger partial charge is 0.506 e. The molecule has 6 nitrogen and oxygen atoms in total. The molecule has 0 amide bonds. The van der Waals surface area contributed by atoms with Crippen LogP contribution in [0.2, 0.25) is 5.02 Å². The molecule has 0 bridgehead atoms. The predicted octanol–water partition coefficient (Wildman–Crippen LogP) is 5.32. The summed E-state index contributed by atoms with van der Waals surface area (Å²) in [5.41, 5.74) is 2.97. The predicted molar refractivity (Wildman–Crippen MR) is 120 cm³/mol. The van der Waals surface area contributed by atoms with E-state index < -0.39 is 11.4 Å². The maximum Gasteiger partial charge on any atom is 0.303 e. The van der Waals surface area contributed by atoms with Crippen molar-refractivity contribution in [1.82, 2.24) is 15.0 Å². The van der Waals surface area contributed by atoms with Gasteiger partial charge in [-0.15, -0.1) is 15.0 Å². The zero-order chi connectivity index (χ0) is 22.2. The van der Waals surface area contributed by atoms with E-state index in [0.717, 1.165) is 11.1 Å². The van der Waals surface area contributed by atoms with E-state index in [1.54, 1.807) is 36.4 Å². The van der Waals surface area contributed by atoms with Crippen molar-refractivity contribution in [2.24, 2.45) is 0 Å². The number of aromatic nitrogens is 3. The van der Waals surface area contributed by atoms with Gasteiger partial charge in [-0.25, -0.2) is 0 Å². The number of aromatic hydroxyl groups is 1. The summed E-state index contributed by atoms with van der Waals surface area (Å²) in [5.74, 6) is -1.23. The minimum absolute atomic E-state index is 0.00162. The Morgan fingerprint density at radius 3 is 2.45 bits per heavy atom. The van der Waals surface area contributed by atoms with Gasteiger partial charge in [0.15, 0.2) is 0 Å². The number of phenolic OH excluding ortho intramolecular Hbond substituents is 1. The highest BCUT2D eigenvalue weighted by Gasteiger charge is 2.34. The number of hydrogen-bond acceptors (Lipinski definition) is 4. The summed E-state index contributed by atoms with van der Waals surface area (Å²) in [5, 5.41) is 29.5. The normalized spacial score (nSPS) is 12.7. The van der Waals surface area contributed by atoms with E-state index in [1.165, 1.54) is 4.80 Å². The van der Waals surface area contributed by atoms with Crippen LogP contribution in [-0.2, 0) is 10.2 Å². The van der Waals surface area contributed by atoms with Gasteiger partial charge in [0.25, 0.3) is 0 Å². The third-order valence-electron chi connectivity index (χ3n) is 5.73. The molecule has 0 spiro atoms. The molecule has 4 aromatic rings. The number of benzene rings is 3. The monoisotopic (exact) mass is 435 g/mol. The maximum absolute atomic E-state index is 11.7. The van der Waals surface area contributed by atoms with E-state index in [0.29, 0.717) is 21.7 Å². The number of aliphatic carboxylic acids is 1. The van der Waals surface area contributed by atoms with Crippen LogP contribution >= 0.6 is 11.6 Å². The van der Waals surface area contributed by atoms with Crippen molar-refractivity contribution in [2.75, 3.05) is 0 Å². The fourth-order valence-corrected chi connectivity index (χ4v) is 4.11. The van der Waals surface area contributed by atoms with Crippen LogP contribution in [0.15, 0.2) is 66.7 Å². The molecule has 0 aliphatic rings. The minimum atomic E-state index is -0.888. The molecule has 1 unspecified atom stereocenters. The Morgan fingerprint density at radius 1 is 1.03 bits per heavy atom. The van der Waals surface area contributed by atoms with Crippen LogP contribution in [-0.4, -0.2) is 31.2 Å². The van der Waals surface area contributed by atoms with Gasteiger partial charge in [-0.2, -0.15) is 0 Å². The third kappa shape index (κ3) is 4.11. The highest BCUT2D eigenvalue weighted by atomic mass is 35.5. The molecule has 1 aromatic heterocycles. The first-order valence-electron chi connectivity index (χ1n) is 9.89. The second-order valence-corrected chi connectivity index (χ2v) is 8.55. The molecule has 3 aromatic carbocycles. The fraction of sp³-hybridized carbons (Fsp3) is 0.208. The van der Waals surface area contributed by atoms with Crippen LogP contribution in [0.1, 0.15) is 37.3 Å². The van der Waals surface area contributed by atoms with Crippen molar-refractivity contribution < 1.29 is 15.0 Å². The third-order valence-corrected chi connectivity index (χ3v) is 5.96. The number of carbonyl (C=O) groups is 1. The average molecular weight is 436 g/mol. The second kappa shape index (κ2) is 8.04. The molecule has 2 N–H and O–H groups in total. The van der Waals surface area contributed by atoms with Gasteiger partial charge in [-0.1, -0.05) is 61.8 Å². The molecule has 0 radical (unpaired) electrons. The molecular formula is C24H22ClN3O3. The van der Waals surface area contributed by atoms with Gasteiger partial charge >= 0.3 is 5.97 Å². The number of rotatable bonds is 6. The number of hydrogen-bond donors (Lipinski definition) is 2. The Kier molecular flexibility index (Phi) is 5.41. The summed E-state index contributed by atoms with van der Waals surface area (Å²) in [6, 6.07) is 20.1. The lowest BCUT2D eigenvalue weighted by atomic mass is 9.69. The van der Waals surface area contributed by atoms with Crippen LogP contribution in [0.25, 0.3) is 16.7 Å². The van der Waals surface area contributed by atoms with E-state index in [1.807, 2.05) is 44.2 Å². The number of carboxylic acids is 1. The van der Waals surface area contributed by atoms with E-state index in [4.69, 9.17) is 11.6 Å². The van der Waals surface area contributed by atoms with Crippen molar-refractivity contribution in [3.63, 3.8) is 0 Å². The lowest BCUT2D eigenvalue weighted by Crippen LogP contribution is -2.29. The summed E-state index contributed by atoms with van der Waals surface area (Å²) in [6.07, 6.45) is -0.0593. The summed E-state index contributed by atoms with van der Waals surface area (Å²) in [7, 11) is 0. The highest BCUT2D eigenvalue weighted by molar-refractivity contribution is 6.31. The second-order valence-electron chi connectivity index (χ2n) is 8.11. The Balaban J connectivity index is 1.82. The molecule has 4 rings (SSSR count). The van der Waals surface area contributed by atoms with Crippen LogP contribution in [0.4, 0.5) is 0 Å². The standard InChI is InChI=1S/C24H22ClN3O3/c1-24(2,16-6-4-3-5-7-16)18(14-23(30)31)15-8-11-22(29)21(12-15)28-26-19-10-9-17(25)13-20(19)27-28/h3-13,18,29H,14H2,1-2H3,(H,30,31). The Hall–Kier alpha value is -3.38. The highest BCUT2D eigenvalue weighted by Crippen LogP contribution is 2.42. The van der Waals surface area contributed by atoms with Gasteiger partial charge in [0.05, 0.1) is 6.42 Å². The van der Waals surface area contributed by atoms with Gasteiger partial charge in [0.2, 0.25) is 0 Å². The Bertz CT molecular complexity index is 1250. The lowest BCUT2D eigenvalue weighted by Gasteiger charge is -2.35. The van der Waals surface area contributed by atoms with Crippen molar-refractivity contribution in [2.45, 2.75) is 31.6 Å². The number of carboxylic acid groups (broad SMARTS) is 1. The number of nitrogens with zero attached hydrogens (tertiary/aromatic N) is 3. The molecule has 1 atom stereocenters. The molecule has 7 heteroatoms. The molecular weight excluding hydrogens is 414 g/mol. The van der Waals surface area contributed by atoms with E-state index in [9.17, 15) is 15.0 Å². The SMILES string of the molecule is CC(C)(c1ccccc1)C(CC(=O)O)c1ccc(O)c(-n2nc3ccc(Cl)cc3n2)c1. The quantitative estimate of drug-likeness (QED) is 0.428. The van der Waals surface area contributed by atoms with E-state index in [-0.39, 0.29) is 18.1 Å². The van der Waals surface area contributed by atoms with Crippen LogP contribution in [0.5, 0.6) is 5.75 Å². The number of halogens is 1. The summed E-state index contributed by atoms with van der Waals surface area (Å²) in [6.45, 7) is 4.07. The zero-order valence-electron chi connectivity index (χ0n) is 17.2. The van der Waals surface area contributed by atoms with Crippen LogP contribution < -0.4 is 0 Å². The summed E-state index contributed by atoms with van der Waals surface area (Å²) < 4.78 is 0. The van der Waals surface area contributed by atoms with Gasteiger partial charge in [-0.05, 0) is 46.9 Å². The first-order chi connectivity index (χ1) is 14.8. The first-order valence-corrected chi connectivity index (χ1v) is 10.3. The van der Waals surface area contributed by atoms with E-state index >= 15 is 0 Å². The van der Waals surface area contributed by atoms with E-state index in [2.05, 4.69) is 10.2 Å². The van der Waals surface area contributed by atoms with Crippen molar-refractivity contribution >= 4 is 28.6 Å². The average Bonchev–Trinajstić information content (AvgIpc) is 3.16. The Morgan fingerprint density at radius 2 is 1.74 bits per heavy atom. The van der Waals surface area contributed by atoms with Gasteiger partial charge in [0, 0.05) is 10.9 Å². The van der Waals surface area contributed by atoms with Gasteiger partial charge in [0.1, 0.15) is 22.5 Å². The Labute approximate surface area is 184 Å². The number of fused-ring (bicyclic) bond motifs is 1. The van der Waals surface area contributed by atoms with Crippen molar-refractivity contribution in [3.05, 3.63) is 82.9 Å². The van der Waals surface area contributed by atoms with Crippen LogP contribution in [0.3, 0.4) is 0 Å². The topological polar surface area (TPSA) is 88.2 Å². The fourth-order valence-electron chi connectivity index (χ4n) is 3.95. The van der Waals surface area contributed by atoms with Crippen molar-refractivity contribution in [3.8, 4) is 11.4 Å². The molecule has 1 heterocycles. The lowest BCUT2D eigenvalue weighted by molar-refractivity contribution is -0.137. The zero-order valence-corrected chi connectivity index (χ0v) is 17.9. The van der Waals surface area contributed by atoms with Gasteiger partial charge in [-0.3, -0.25) is 4.79 Å². The minimum Gasteiger partial charge on any atom is -0.506 e. The molecule has 158 valence electrons. The number of phenols is 1. The smallest absolute Gasteiger partial charge is 0.303 e. The van der Waals surface area contributed by atoms with Gasteiger partial charge < -0.3 is 10.2 Å². The van der Waals surface area contributed by atoms with Crippen molar-refractivity contribution in [1.29, 1.82) is 0 Å². The molecule has 0 saturated heterocycles. The molecule has 0 saturated carbocycles. The summed E-state index contributed by atoms with van der Waals surface area (Å²) in [4.78, 5) is 13.1. The summed E-state index contributed by atoms with van der Waals surface area (Å²) >= 11 is 6.05. The first kappa shape index (κ1) is 20.9.